The van der Waals surface area contributed by atoms with Gasteiger partial charge in [0.25, 0.3) is 0 Å². The van der Waals surface area contributed by atoms with E-state index in [1.165, 1.54) is 3.58 Å². The van der Waals surface area contributed by atoms with Crippen LogP contribution in [-0.4, -0.2) is 44.2 Å². The maximum absolute atomic E-state index is 4.55. The zero-order valence-corrected chi connectivity index (χ0v) is 16.3. The first-order valence-corrected chi connectivity index (χ1v) is 18.1. The Bertz CT molecular complexity index is 792. The molecule has 1 aromatic carbocycles. The molecule has 0 fully saturated rings. The molecule has 3 aromatic rings. The number of imidazole rings is 1. The van der Waals surface area contributed by atoms with Crippen LogP contribution in [0.15, 0.2) is 41.9 Å². The Labute approximate surface area is 132 Å². The van der Waals surface area contributed by atoms with Gasteiger partial charge in [-0.2, -0.15) is 0 Å². The molecule has 0 aliphatic carbocycles. The van der Waals surface area contributed by atoms with Crippen LogP contribution in [-0.2, 0) is 0 Å². The molecular formula is C15H18N4SSn. The molecule has 0 unspecified atom stereocenters. The second kappa shape index (κ2) is 5.61. The van der Waals surface area contributed by atoms with Gasteiger partial charge in [0.15, 0.2) is 0 Å². The van der Waals surface area contributed by atoms with Crippen molar-refractivity contribution in [3.63, 3.8) is 0 Å². The molecule has 0 saturated heterocycles. The number of fused-ring (bicyclic) bond motifs is 1. The Morgan fingerprint density at radius 2 is 1.90 bits per heavy atom. The summed E-state index contributed by atoms with van der Waals surface area (Å²) in [5.74, 6) is 0.865. The van der Waals surface area contributed by atoms with E-state index < -0.39 is 18.4 Å². The third kappa shape index (κ3) is 2.94. The predicted molar refractivity (Wildman–Crippen MR) is 91.4 cm³/mol. The van der Waals surface area contributed by atoms with Crippen molar-refractivity contribution in [3.05, 3.63) is 36.8 Å². The number of aromatic nitrogens is 4. The molecule has 0 bridgehead atoms. The Kier molecular flexibility index (Phi) is 3.96. The summed E-state index contributed by atoms with van der Waals surface area (Å²) in [6.45, 7) is 0. The van der Waals surface area contributed by atoms with E-state index in [1.54, 1.807) is 18.0 Å². The fourth-order valence-electron chi connectivity index (χ4n) is 2.23. The van der Waals surface area contributed by atoms with Gasteiger partial charge in [-0.05, 0) is 0 Å². The summed E-state index contributed by atoms with van der Waals surface area (Å²) in [7, 11) is 0. The van der Waals surface area contributed by atoms with Crippen LogP contribution in [0.1, 0.15) is 0 Å². The number of rotatable bonds is 3. The third-order valence-electron chi connectivity index (χ3n) is 3.46. The normalized spacial score (nSPS) is 12.0. The molecule has 2 aromatic heterocycles. The van der Waals surface area contributed by atoms with Crippen molar-refractivity contribution in [3.8, 4) is 5.82 Å². The molecule has 108 valence electrons. The number of thioether (sulfide) groups is 1. The van der Waals surface area contributed by atoms with Crippen LogP contribution in [0.5, 0.6) is 0 Å². The van der Waals surface area contributed by atoms with Gasteiger partial charge in [-0.1, -0.05) is 0 Å². The van der Waals surface area contributed by atoms with E-state index in [1.807, 2.05) is 23.2 Å². The number of benzene rings is 1. The second-order valence-electron chi connectivity index (χ2n) is 5.97. The minimum absolute atomic E-state index is 0.775. The van der Waals surface area contributed by atoms with Gasteiger partial charge in [-0.15, -0.1) is 0 Å². The molecule has 21 heavy (non-hydrogen) atoms. The molecular weight excluding hydrogens is 387 g/mol. The summed E-state index contributed by atoms with van der Waals surface area (Å²) < 4.78 is 3.52. The van der Waals surface area contributed by atoms with Gasteiger partial charge in [0.05, 0.1) is 0 Å². The van der Waals surface area contributed by atoms with E-state index >= 15 is 0 Å². The fraction of sp³-hybridized carbons (Fsp3) is 0.267. The van der Waals surface area contributed by atoms with Crippen molar-refractivity contribution in [1.82, 2.24) is 19.5 Å². The second-order valence-corrected chi connectivity index (χ2v) is 21.2. The zero-order valence-electron chi connectivity index (χ0n) is 12.7. The number of hydrogen-bond donors (Lipinski definition) is 0. The van der Waals surface area contributed by atoms with E-state index in [0.717, 1.165) is 22.0 Å². The molecule has 4 nitrogen and oxygen atoms in total. The van der Waals surface area contributed by atoms with Crippen LogP contribution in [0.25, 0.3) is 16.9 Å². The monoisotopic (exact) mass is 406 g/mol. The quantitative estimate of drug-likeness (QED) is 0.382. The Hall–Kier alpha value is -1.08. The maximum atomic E-state index is 4.55. The van der Waals surface area contributed by atoms with Gasteiger partial charge >= 0.3 is 133 Å². The minimum atomic E-state index is -2.05. The van der Waals surface area contributed by atoms with Crippen LogP contribution in [0.4, 0.5) is 0 Å². The van der Waals surface area contributed by atoms with Gasteiger partial charge < -0.3 is 0 Å². The van der Waals surface area contributed by atoms with Crippen molar-refractivity contribution in [2.24, 2.45) is 0 Å². The van der Waals surface area contributed by atoms with E-state index in [9.17, 15) is 0 Å². The predicted octanol–water partition coefficient (Wildman–Crippen LogP) is 3.08. The topological polar surface area (TPSA) is 43.6 Å². The molecule has 0 amide bonds. The first-order valence-electron chi connectivity index (χ1n) is 6.84. The van der Waals surface area contributed by atoms with Crippen molar-refractivity contribution in [1.29, 1.82) is 0 Å². The first-order chi connectivity index (χ1) is 9.99. The van der Waals surface area contributed by atoms with Gasteiger partial charge in [0.1, 0.15) is 0 Å². The van der Waals surface area contributed by atoms with Crippen LogP contribution in [0, 0.1) is 0 Å². The van der Waals surface area contributed by atoms with Crippen LogP contribution in [0.3, 0.4) is 0 Å². The van der Waals surface area contributed by atoms with E-state index in [-0.39, 0.29) is 0 Å². The first kappa shape index (κ1) is 14.8. The molecule has 0 saturated carbocycles. The van der Waals surface area contributed by atoms with Crippen LogP contribution in [0.2, 0.25) is 14.8 Å². The average molecular weight is 405 g/mol. The Morgan fingerprint density at radius 3 is 2.62 bits per heavy atom. The van der Waals surface area contributed by atoms with Crippen LogP contribution >= 0.6 is 11.8 Å². The van der Waals surface area contributed by atoms with Crippen molar-refractivity contribution in [2.75, 3.05) is 6.26 Å². The molecule has 0 spiro atoms. The zero-order chi connectivity index (χ0) is 15.0. The Morgan fingerprint density at radius 1 is 1.10 bits per heavy atom. The molecule has 0 radical (unpaired) electrons. The standard InChI is InChI=1S/C12H9N4S.3CH3.Sn/c1-17-12-13-7-6-11(15-12)16-8-14-9-4-2-3-5-10(9)16;;;;/h3-8H,1H3;3*1H3;. The Balaban J connectivity index is 2.12. The molecule has 0 N–H and O–H groups in total. The number of hydrogen-bond acceptors (Lipinski definition) is 4. The fourth-order valence-corrected chi connectivity index (χ4v) is 5.87. The van der Waals surface area contributed by atoms with Gasteiger partial charge in [-0.3, -0.25) is 0 Å². The van der Waals surface area contributed by atoms with E-state index in [0.29, 0.717) is 0 Å². The molecule has 2 heterocycles. The van der Waals surface area contributed by atoms with Crippen LogP contribution < -0.4 is 3.58 Å². The third-order valence-corrected chi connectivity index (χ3v) is 9.85. The summed E-state index contributed by atoms with van der Waals surface area (Å²) in [5, 5.41) is 0.775. The summed E-state index contributed by atoms with van der Waals surface area (Å²) in [6.07, 6.45) is 5.62. The van der Waals surface area contributed by atoms with Crippen molar-refractivity contribution >= 4 is 44.8 Å². The van der Waals surface area contributed by atoms with E-state index in [4.69, 9.17) is 0 Å². The summed E-state index contributed by atoms with van der Waals surface area (Å²) >= 11 is -0.506. The average Bonchev–Trinajstić information content (AvgIpc) is 2.89. The van der Waals surface area contributed by atoms with Crippen molar-refractivity contribution in [2.45, 2.75) is 20.0 Å². The molecule has 3 rings (SSSR count). The van der Waals surface area contributed by atoms with Gasteiger partial charge in [0, 0.05) is 0 Å². The SMILES string of the molecule is CSc1nccc(-n2cnc3c[c]([Sn]([CH3])([CH3])[CH3])ccc32)n1. The van der Waals surface area contributed by atoms with Gasteiger partial charge in [-0.25, -0.2) is 0 Å². The molecule has 0 atom stereocenters. The van der Waals surface area contributed by atoms with Gasteiger partial charge in [0.2, 0.25) is 0 Å². The van der Waals surface area contributed by atoms with E-state index in [2.05, 4.69) is 48.0 Å². The number of nitrogens with zero attached hydrogens (tertiary/aromatic N) is 4. The molecule has 0 aliphatic heterocycles. The summed E-state index contributed by atoms with van der Waals surface area (Å²) in [4.78, 5) is 20.6. The summed E-state index contributed by atoms with van der Waals surface area (Å²) in [5.41, 5.74) is 2.14. The molecule has 6 heteroatoms. The summed E-state index contributed by atoms with van der Waals surface area (Å²) in [6, 6.07) is 8.59. The molecule has 0 aliphatic rings. The van der Waals surface area contributed by atoms with Crippen molar-refractivity contribution < 1.29 is 0 Å².